The Kier molecular flexibility index (Phi) is 6.16. The molecule has 0 radical (unpaired) electrons. The molecule has 0 aliphatic heterocycles. The van der Waals surface area contributed by atoms with Gasteiger partial charge >= 0.3 is 0 Å². The molecule has 1 heterocycles. The van der Waals surface area contributed by atoms with Crippen LogP contribution in [0.2, 0.25) is 0 Å². The van der Waals surface area contributed by atoms with Crippen molar-refractivity contribution in [1.29, 1.82) is 0 Å². The molecule has 0 fully saturated rings. The largest absolute Gasteiger partial charge is 0.463 e. The van der Waals surface area contributed by atoms with Crippen LogP contribution in [0.5, 0.6) is 5.88 Å². The first-order valence-corrected chi connectivity index (χ1v) is 8.91. The molecule has 6 nitrogen and oxygen atoms in total. The lowest BCUT2D eigenvalue weighted by molar-refractivity contribution is -0.128. The molecule has 1 aromatic heterocycles. The monoisotopic (exact) mass is 381 g/mol. The topological polar surface area (TPSA) is 73.2 Å². The van der Waals surface area contributed by atoms with Gasteiger partial charge < -0.3 is 10.1 Å². The van der Waals surface area contributed by atoms with E-state index in [1.54, 1.807) is 0 Å². The van der Waals surface area contributed by atoms with Crippen molar-refractivity contribution in [2.24, 2.45) is 0 Å². The minimum Gasteiger partial charge on any atom is -0.463 e. The summed E-state index contributed by atoms with van der Waals surface area (Å²) in [7, 11) is 0. The standard InChI is InChI=1S/C21H20FN3O3/c1-2-18(21(27)23-14-15-6-4-3-5-7-15)28-19-12-13-20(26)25(24-19)17-10-8-16(22)9-11-17/h3-13,18H,2,14H2,1H3,(H,23,27)/t18-/m1/s1. The predicted molar refractivity (Wildman–Crippen MR) is 103 cm³/mol. The lowest BCUT2D eigenvalue weighted by atomic mass is 10.2. The summed E-state index contributed by atoms with van der Waals surface area (Å²) in [5.74, 6) is -0.552. The van der Waals surface area contributed by atoms with Gasteiger partial charge in [-0.05, 0) is 36.2 Å². The molecule has 0 aliphatic carbocycles. The van der Waals surface area contributed by atoms with Gasteiger partial charge in [-0.3, -0.25) is 9.59 Å². The van der Waals surface area contributed by atoms with Crippen molar-refractivity contribution in [1.82, 2.24) is 15.1 Å². The van der Waals surface area contributed by atoms with Crippen LogP contribution in [0.4, 0.5) is 4.39 Å². The molecular formula is C21H20FN3O3. The maximum Gasteiger partial charge on any atom is 0.271 e. The minimum atomic E-state index is -0.754. The number of hydrogen-bond donors (Lipinski definition) is 1. The zero-order chi connectivity index (χ0) is 19.9. The van der Waals surface area contributed by atoms with E-state index >= 15 is 0 Å². The summed E-state index contributed by atoms with van der Waals surface area (Å²) in [6.45, 7) is 2.21. The predicted octanol–water partition coefficient (Wildman–Crippen LogP) is 2.85. The Bertz CT molecular complexity index is 988. The number of aromatic nitrogens is 2. The van der Waals surface area contributed by atoms with Crippen molar-refractivity contribution in [2.45, 2.75) is 26.0 Å². The summed E-state index contributed by atoms with van der Waals surface area (Å²) in [6, 6.07) is 17.6. The molecular weight excluding hydrogens is 361 g/mol. The highest BCUT2D eigenvalue weighted by Gasteiger charge is 2.19. The summed E-state index contributed by atoms with van der Waals surface area (Å²) < 4.78 is 19.9. The van der Waals surface area contributed by atoms with E-state index in [4.69, 9.17) is 4.74 Å². The first-order valence-electron chi connectivity index (χ1n) is 8.91. The number of halogens is 1. The quantitative estimate of drug-likeness (QED) is 0.683. The fraction of sp³-hybridized carbons (Fsp3) is 0.190. The van der Waals surface area contributed by atoms with Crippen LogP contribution in [0.25, 0.3) is 5.69 Å². The van der Waals surface area contributed by atoms with E-state index in [2.05, 4.69) is 10.4 Å². The number of benzene rings is 2. The fourth-order valence-electron chi connectivity index (χ4n) is 2.59. The van der Waals surface area contributed by atoms with Crippen LogP contribution < -0.4 is 15.6 Å². The Hall–Kier alpha value is -3.48. The third-order valence-corrected chi connectivity index (χ3v) is 4.08. The molecule has 0 saturated carbocycles. The van der Waals surface area contributed by atoms with Gasteiger partial charge in [-0.25, -0.2) is 4.39 Å². The van der Waals surface area contributed by atoms with E-state index in [0.29, 0.717) is 18.7 Å². The van der Waals surface area contributed by atoms with Crippen LogP contribution >= 0.6 is 0 Å². The van der Waals surface area contributed by atoms with Crippen molar-refractivity contribution in [3.63, 3.8) is 0 Å². The number of carbonyl (C=O) groups excluding carboxylic acids is 1. The molecule has 0 spiro atoms. The summed E-state index contributed by atoms with van der Waals surface area (Å²) in [6.07, 6.45) is -0.326. The molecule has 3 rings (SSSR count). The second-order valence-electron chi connectivity index (χ2n) is 6.12. The van der Waals surface area contributed by atoms with Crippen LogP contribution in [0.15, 0.2) is 71.5 Å². The third-order valence-electron chi connectivity index (χ3n) is 4.08. The van der Waals surface area contributed by atoms with Crippen molar-refractivity contribution in [3.05, 3.63) is 88.5 Å². The Labute approximate surface area is 161 Å². The highest BCUT2D eigenvalue weighted by Crippen LogP contribution is 2.11. The zero-order valence-corrected chi connectivity index (χ0v) is 15.3. The molecule has 28 heavy (non-hydrogen) atoms. The maximum atomic E-state index is 13.1. The Morgan fingerprint density at radius 1 is 1.11 bits per heavy atom. The summed E-state index contributed by atoms with van der Waals surface area (Å²) in [5, 5.41) is 6.97. The van der Waals surface area contributed by atoms with Gasteiger partial charge in [0.05, 0.1) is 5.69 Å². The number of nitrogens with zero attached hydrogens (tertiary/aromatic N) is 2. The average molecular weight is 381 g/mol. The number of nitrogens with one attached hydrogen (secondary N) is 1. The molecule has 0 saturated heterocycles. The number of carbonyl (C=O) groups is 1. The van der Waals surface area contributed by atoms with Gasteiger partial charge in [0.25, 0.3) is 11.5 Å². The molecule has 3 aromatic rings. The van der Waals surface area contributed by atoms with Crippen LogP contribution in [0.3, 0.4) is 0 Å². The molecule has 7 heteroatoms. The molecule has 0 unspecified atom stereocenters. The number of rotatable bonds is 7. The second-order valence-corrected chi connectivity index (χ2v) is 6.12. The lowest BCUT2D eigenvalue weighted by Gasteiger charge is -2.17. The fourth-order valence-corrected chi connectivity index (χ4v) is 2.59. The lowest BCUT2D eigenvalue weighted by Crippen LogP contribution is -2.38. The van der Waals surface area contributed by atoms with Gasteiger partial charge in [0.1, 0.15) is 5.82 Å². The van der Waals surface area contributed by atoms with Crippen LogP contribution in [0.1, 0.15) is 18.9 Å². The maximum absolute atomic E-state index is 13.1. The molecule has 1 atom stereocenters. The Balaban J connectivity index is 1.72. The van der Waals surface area contributed by atoms with Crippen molar-refractivity contribution < 1.29 is 13.9 Å². The highest BCUT2D eigenvalue weighted by atomic mass is 19.1. The Morgan fingerprint density at radius 3 is 2.50 bits per heavy atom. The van der Waals surface area contributed by atoms with Crippen molar-refractivity contribution in [2.75, 3.05) is 0 Å². The van der Waals surface area contributed by atoms with E-state index in [-0.39, 0.29) is 17.3 Å². The van der Waals surface area contributed by atoms with Gasteiger partial charge in [-0.1, -0.05) is 37.3 Å². The first-order chi connectivity index (χ1) is 13.6. The number of hydrogen-bond acceptors (Lipinski definition) is 4. The van der Waals surface area contributed by atoms with Gasteiger partial charge in [-0.15, -0.1) is 5.10 Å². The Morgan fingerprint density at radius 2 is 1.82 bits per heavy atom. The number of amides is 1. The van der Waals surface area contributed by atoms with Crippen molar-refractivity contribution >= 4 is 5.91 Å². The second kappa shape index (κ2) is 8.94. The summed E-state index contributed by atoms with van der Waals surface area (Å²) in [4.78, 5) is 24.5. The summed E-state index contributed by atoms with van der Waals surface area (Å²) in [5.41, 5.74) is 0.993. The average Bonchev–Trinajstić information content (AvgIpc) is 2.73. The SMILES string of the molecule is CC[C@@H](Oc1ccc(=O)n(-c2ccc(F)cc2)n1)C(=O)NCc1ccccc1. The minimum absolute atomic E-state index is 0.130. The molecule has 0 bridgehead atoms. The summed E-state index contributed by atoms with van der Waals surface area (Å²) >= 11 is 0. The van der Waals surface area contributed by atoms with Gasteiger partial charge in [0, 0.05) is 18.7 Å². The smallest absolute Gasteiger partial charge is 0.271 e. The number of ether oxygens (including phenoxy) is 1. The van der Waals surface area contributed by atoms with Crippen LogP contribution in [-0.4, -0.2) is 21.8 Å². The van der Waals surface area contributed by atoms with Gasteiger partial charge in [0.2, 0.25) is 5.88 Å². The van der Waals surface area contributed by atoms with Crippen molar-refractivity contribution in [3.8, 4) is 11.6 Å². The van der Waals surface area contributed by atoms with E-state index in [1.165, 1.54) is 36.4 Å². The van der Waals surface area contributed by atoms with Gasteiger partial charge in [-0.2, -0.15) is 4.68 Å². The third kappa shape index (κ3) is 4.82. The normalized spacial score (nSPS) is 11.6. The van der Waals surface area contributed by atoms with E-state index in [9.17, 15) is 14.0 Å². The van der Waals surface area contributed by atoms with E-state index < -0.39 is 11.9 Å². The molecule has 1 N–H and O–H groups in total. The molecule has 1 amide bonds. The van der Waals surface area contributed by atoms with Crippen LogP contribution in [-0.2, 0) is 11.3 Å². The highest BCUT2D eigenvalue weighted by molar-refractivity contribution is 5.81. The van der Waals surface area contributed by atoms with E-state index in [0.717, 1.165) is 10.2 Å². The molecule has 144 valence electrons. The molecule has 0 aliphatic rings. The molecule has 2 aromatic carbocycles. The zero-order valence-electron chi connectivity index (χ0n) is 15.3. The van der Waals surface area contributed by atoms with Gasteiger partial charge in [0.15, 0.2) is 6.10 Å². The van der Waals surface area contributed by atoms with Crippen LogP contribution in [0, 0.1) is 5.82 Å². The first kappa shape index (κ1) is 19.3. The van der Waals surface area contributed by atoms with E-state index in [1.807, 2.05) is 37.3 Å².